The first-order valence-corrected chi connectivity index (χ1v) is 13.0. The molecule has 0 spiro atoms. The Morgan fingerprint density at radius 2 is 1.84 bits per heavy atom. The van der Waals surface area contributed by atoms with E-state index < -0.39 is 10.0 Å². The van der Waals surface area contributed by atoms with E-state index in [1.807, 2.05) is 42.6 Å². The van der Waals surface area contributed by atoms with Gasteiger partial charge in [0.1, 0.15) is 0 Å². The molecule has 1 atom stereocenters. The van der Waals surface area contributed by atoms with Crippen molar-refractivity contribution < 1.29 is 13.2 Å². The Balaban J connectivity index is 1.34. The van der Waals surface area contributed by atoms with E-state index in [-0.39, 0.29) is 11.8 Å². The van der Waals surface area contributed by atoms with Gasteiger partial charge < -0.3 is 9.64 Å². The minimum absolute atomic E-state index is 0.0306. The van der Waals surface area contributed by atoms with Crippen LogP contribution in [0.1, 0.15) is 30.5 Å². The van der Waals surface area contributed by atoms with Crippen molar-refractivity contribution in [3.63, 3.8) is 0 Å². The smallest absolute Gasteiger partial charge is 0.225 e. The van der Waals surface area contributed by atoms with Crippen LogP contribution >= 0.6 is 0 Å². The first-order valence-electron chi connectivity index (χ1n) is 11.4. The molecule has 0 aliphatic carbocycles. The van der Waals surface area contributed by atoms with Crippen LogP contribution in [-0.2, 0) is 27.1 Å². The molecule has 1 aromatic carbocycles. The second-order valence-electron chi connectivity index (χ2n) is 8.57. The van der Waals surface area contributed by atoms with E-state index in [1.54, 1.807) is 11.4 Å². The van der Waals surface area contributed by atoms with Gasteiger partial charge in [0, 0.05) is 45.5 Å². The predicted molar refractivity (Wildman–Crippen MR) is 125 cm³/mol. The Kier molecular flexibility index (Phi) is 7.72. The first-order chi connectivity index (χ1) is 15.5. The minimum atomic E-state index is -3.35. The average molecular weight is 460 g/mol. The molecule has 174 valence electrons. The van der Waals surface area contributed by atoms with Crippen LogP contribution in [0.25, 0.3) is 0 Å². The Morgan fingerprint density at radius 1 is 1.06 bits per heavy atom. The molecule has 8 nitrogen and oxygen atoms in total. The second kappa shape index (κ2) is 10.7. The molecule has 9 heteroatoms. The van der Waals surface area contributed by atoms with Crippen LogP contribution in [0.2, 0.25) is 0 Å². The topological polar surface area (TPSA) is 78.9 Å². The zero-order valence-corrected chi connectivity index (χ0v) is 19.6. The summed E-state index contributed by atoms with van der Waals surface area (Å²) in [4.78, 5) is 13.8. The first kappa shape index (κ1) is 23.1. The number of aromatic nitrogens is 2. The molecule has 3 heterocycles. The number of ether oxygens (including phenoxy) is 1. The van der Waals surface area contributed by atoms with Crippen molar-refractivity contribution in [2.24, 2.45) is 0 Å². The number of hydrogen-bond acceptors (Lipinski definition) is 7. The molecule has 1 aromatic heterocycles. The van der Waals surface area contributed by atoms with Crippen LogP contribution in [0.15, 0.2) is 42.6 Å². The van der Waals surface area contributed by atoms with Crippen molar-refractivity contribution in [1.82, 2.24) is 19.2 Å². The lowest BCUT2D eigenvalue weighted by Crippen LogP contribution is -2.38. The molecule has 0 saturated carbocycles. The zero-order valence-electron chi connectivity index (χ0n) is 18.8. The third-order valence-electron chi connectivity index (χ3n) is 6.32. The highest BCUT2D eigenvalue weighted by molar-refractivity contribution is 7.88. The van der Waals surface area contributed by atoms with Crippen LogP contribution < -0.4 is 4.90 Å². The van der Waals surface area contributed by atoms with Crippen LogP contribution in [-0.4, -0.2) is 80.1 Å². The summed E-state index contributed by atoms with van der Waals surface area (Å²) in [7, 11) is -1.61. The lowest BCUT2D eigenvalue weighted by Gasteiger charge is -2.27. The van der Waals surface area contributed by atoms with Gasteiger partial charge >= 0.3 is 0 Å². The predicted octanol–water partition coefficient (Wildman–Crippen LogP) is 2.13. The van der Waals surface area contributed by atoms with Gasteiger partial charge in [-0.25, -0.2) is 22.7 Å². The number of anilines is 1. The van der Waals surface area contributed by atoms with E-state index in [4.69, 9.17) is 9.72 Å². The number of likely N-dealkylation sites (tertiary alicyclic amines) is 1. The van der Waals surface area contributed by atoms with Gasteiger partial charge in [0.05, 0.1) is 24.7 Å². The van der Waals surface area contributed by atoms with E-state index in [9.17, 15) is 8.42 Å². The molecule has 2 aromatic rings. The monoisotopic (exact) mass is 459 g/mol. The summed E-state index contributed by atoms with van der Waals surface area (Å²) in [5.41, 5.74) is 1.83. The molecule has 0 unspecified atom stereocenters. The maximum Gasteiger partial charge on any atom is 0.225 e. The largest absolute Gasteiger partial charge is 0.378 e. The van der Waals surface area contributed by atoms with Crippen molar-refractivity contribution in [2.75, 3.05) is 51.3 Å². The Labute approximate surface area is 191 Å². The van der Waals surface area contributed by atoms with Gasteiger partial charge in [-0.15, -0.1) is 0 Å². The van der Waals surface area contributed by atoms with Crippen LogP contribution in [0.3, 0.4) is 0 Å². The van der Waals surface area contributed by atoms with Crippen molar-refractivity contribution in [2.45, 2.75) is 37.6 Å². The summed E-state index contributed by atoms with van der Waals surface area (Å²) < 4.78 is 32.9. The third-order valence-corrected chi connectivity index (χ3v) is 8.19. The zero-order chi connectivity index (χ0) is 22.4. The molecule has 0 bridgehead atoms. The van der Waals surface area contributed by atoms with Gasteiger partial charge in [-0.05, 0) is 37.4 Å². The molecule has 2 fully saturated rings. The van der Waals surface area contributed by atoms with Gasteiger partial charge in [0.2, 0.25) is 16.0 Å². The maximum atomic E-state index is 13.0. The van der Waals surface area contributed by atoms with Crippen LogP contribution in [0, 0.1) is 0 Å². The lowest BCUT2D eigenvalue weighted by molar-refractivity contribution is 0.122. The SMILES string of the molecule is CN([C@H]1CCCN(Cc2ccnc(N3CCOCC3)n2)CC1)S(=O)(=O)Cc1ccccc1. The molecule has 0 N–H and O–H groups in total. The average Bonchev–Trinajstić information content (AvgIpc) is 3.05. The molecule has 32 heavy (non-hydrogen) atoms. The van der Waals surface area contributed by atoms with Crippen LogP contribution in [0.4, 0.5) is 5.95 Å². The molecule has 2 aliphatic heterocycles. The molecule has 0 radical (unpaired) electrons. The highest BCUT2D eigenvalue weighted by Crippen LogP contribution is 2.22. The van der Waals surface area contributed by atoms with Crippen molar-refractivity contribution in [3.05, 3.63) is 53.9 Å². The van der Waals surface area contributed by atoms with Gasteiger partial charge in [-0.3, -0.25) is 4.90 Å². The van der Waals surface area contributed by atoms with E-state index in [1.165, 1.54) is 0 Å². The molecule has 2 aliphatic rings. The molecule has 4 rings (SSSR count). The summed E-state index contributed by atoms with van der Waals surface area (Å²) in [6, 6.07) is 11.4. The van der Waals surface area contributed by atoms with Crippen LogP contribution in [0.5, 0.6) is 0 Å². The van der Waals surface area contributed by atoms with Gasteiger partial charge in [0.15, 0.2) is 0 Å². The Hall–Kier alpha value is -2.07. The quantitative estimate of drug-likeness (QED) is 0.628. The van der Waals surface area contributed by atoms with Crippen molar-refractivity contribution >= 4 is 16.0 Å². The van der Waals surface area contributed by atoms with Crippen molar-refractivity contribution in [1.29, 1.82) is 0 Å². The summed E-state index contributed by atoms with van der Waals surface area (Å²) in [6.45, 7) is 5.61. The van der Waals surface area contributed by atoms with E-state index in [0.29, 0.717) is 13.2 Å². The highest BCUT2D eigenvalue weighted by atomic mass is 32.2. The fourth-order valence-corrected chi connectivity index (χ4v) is 5.87. The summed E-state index contributed by atoms with van der Waals surface area (Å²) in [5, 5.41) is 0. The lowest BCUT2D eigenvalue weighted by atomic mass is 10.1. The fourth-order valence-electron chi connectivity index (χ4n) is 4.39. The van der Waals surface area contributed by atoms with Gasteiger partial charge in [-0.1, -0.05) is 30.3 Å². The summed E-state index contributed by atoms with van der Waals surface area (Å²) >= 11 is 0. The van der Waals surface area contributed by atoms with E-state index >= 15 is 0 Å². The van der Waals surface area contributed by atoms with E-state index in [2.05, 4.69) is 14.8 Å². The number of nitrogens with zero attached hydrogens (tertiary/aromatic N) is 5. The number of benzene rings is 1. The Morgan fingerprint density at radius 3 is 2.62 bits per heavy atom. The maximum absolute atomic E-state index is 13.0. The summed E-state index contributed by atoms with van der Waals surface area (Å²) in [5.74, 6) is 0.820. The number of hydrogen-bond donors (Lipinski definition) is 0. The second-order valence-corrected chi connectivity index (χ2v) is 10.6. The normalized spacial score (nSPS) is 20.9. The molecule has 0 amide bonds. The minimum Gasteiger partial charge on any atom is -0.378 e. The van der Waals surface area contributed by atoms with Gasteiger partial charge in [-0.2, -0.15) is 0 Å². The molecule has 2 saturated heterocycles. The number of morpholine rings is 1. The summed E-state index contributed by atoms with van der Waals surface area (Å²) in [6.07, 6.45) is 4.50. The highest BCUT2D eigenvalue weighted by Gasteiger charge is 2.28. The van der Waals surface area contributed by atoms with E-state index in [0.717, 1.165) is 69.2 Å². The van der Waals surface area contributed by atoms with Crippen molar-refractivity contribution in [3.8, 4) is 0 Å². The number of rotatable bonds is 7. The fraction of sp³-hybridized carbons (Fsp3) is 0.565. The standard InChI is InChI=1S/C23H33N5O3S/c1-26(32(29,30)19-20-6-3-2-4-7-20)22-8-5-12-27(13-10-22)18-21-9-11-24-23(25-21)28-14-16-31-17-15-28/h2-4,6-7,9,11,22H,5,8,10,12-19H2,1H3/t22-/m0/s1. The third kappa shape index (κ3) is 6.04. The molecular weight excluding hydrogens is 426 g/mol. The van der Waals surface area contributed by atoms with Gasteiger partial charge in [0.25, 0.3) is 0 Å². The Bertz CT molecular complexity index is 967. The molecular formula is C23H33N5O3S. The number of sulfonamides is 1.